The van der Waals surface area contributed by atoms with Gasteiger partial charge in [0.2, 0.25) is 5.88 Å². The van der Waals surface area contributed by atoms with E-state index in [-0.39, 0.29) is 35.8 Å². The lowest BCUT2D eigenvalue weighted by molar-refractivity contribution is 0.0744. The van der Waals surface area contributed by atoms with Crippen LogP contribution in [0.15, 0.2) is 42.9 Å². The maximum absolute atomic E-state index is 13.3. The van der Waals surface area contributed by atoms with Crippen LogP contribution in [0.4, 0.5) is 13.9 Å². The maximum atomic E-state index is 13.3. The van der Waals surface area contributed by atoms with Crippen molar-refractivity contribution in [3.63, 3.8) is 0 Å². The molecule has 0 fully saturated rings. The lowest BCUT2D eigenvalue weighted by Crippen LogP contribution is -2.26. The van der Waals surface area contributed by atoms with Gasteiger partial charge in [0.05, 0.1) is 41.4 Å². The Labute approximate surface area is 224 Å². The predicted octanol–water partition coefficient (Wildman–Crippen LogP) is 5.31. The second kappa shape index (κ2) is 10.4. The van der Waals surface area contributed by atoms with Crippen molar-refractivity contribution in [3.8, 4) is 17.0 Å². The molecule has 0 spiro atoms. The van der Waals surface area contributed by atoms with Gasteiger partial charge in [0.1, 0.15) is 5.69 Å². The fourth-order valence-electron chi connectivity index (χ4n) is 3.97. The highest BCUT2D eigenvalue weighted by Crippen LogP contribution is 2.35. The second-order valence-electron chi connectivity index (χ2n) is 8.36. The SMILES string of the molecule is COc1ncc(Cl)cc1-c1cc(C)ncc1C(=O)Nc1nc2c(s1)CN(C(=O)c1ccc(C(F)F)cn1)C2. The number of thiazole rings is 1. The molecule has 38 heavy (non-hydrogen) atoms. The molecule has 0 aromatic carbocycles. The van der Waals surface area contributed by atoms with Gasteiger partial charge in [-0.2, -0.15) is 0 Å². The molecule has 1 aliphatic rings. The van der Waals surface area contributed by atoms with E-state index in [9.17, 15) is 18.4 Å². The van der Waals surface area contributed by atoms with Crippen LogP contribution in [-0.2, 0) is 13.1 Å². The fraction of sp³-hybridized carbons (Fsp3) is 0.200. The van der Waals surface area contributed by atoms with E-state index in [1.165, 1.54) is 47.9 Å². The number of hydrogen-bond acceptors (Lipinski definition) is 8. The van der Waals surface area contributed by atoms with Gasteiger partial charge in [-0.25, -0.2) is 18.7 Å². The van der Waals surface area contributed by atoms with Crippen LogP contribution in [-0.4, -0.2) is 43.8 Å². The van der Waals surface area contributed by atoms with Gasteiger partial charge in [-0.3, -0.25) is 24.9 Å². The number of amides is 2. The summed E-state index contributed by atoms with van der Waals surface area (Å²) < 4.78 is 30.9. The van der Waals surface area contributed by atoms with E-state index < -0.39 is 12.3 Å². The summed E-state index contributed by atoms with van der Waals surface area (Å²) in [5.41, 5.74) is 2.53. The first kappa shape index (κ1) is 25.6. The second-order valence-corrected chi connectivity index (χ2v) is 9.88. The van der Waals surface area contributed by atoms with E-state index in [0.29, 0.717) is 38.5 Å². The molecule has 0 saturated heterocycles. The standard InChI is InChI=1S/C25H19ClF2N6O3S/c1-12-5-15(16-6-14(26)8-31-23(16)37-2)17(9-29-12)22(35)33-25-32-19-10-34(11-20(19)38-25)24(36)18-4-3-13(7-30-18)21(27)28/h3-9,21H,10-11H2,1-2H3,(H,32,33,35). The lowest BCUT2D eigenvalue weighted by atomic mass is 10.0. The van der Waals surface area contributed by atoms with Crippen LogP contribution in [0.2, 0.25) is 5.02 Å². The smallest absolute Gasteiger partial charge is 0.273 e. The molecule has 13 heteroatoms. The first-order valence-electron chi connectivity index (χ1n) is 11.2. The van der Waals surface area contributed by atoms with E-state index in [0.717, 1.165) is 11.1 Å². The Morgan fingerprint density at radius 3 is 2.61 bits per heavy atom. The number of fused-ring (bicyclic) bond motifs is 1. The van der Waals surface area contributed by atoms with Crippen molar-refractivity contribution in [2.24, 2.45) is 0 Å². The first-order valence-corrected chi connectivity index (χ1v) is 12.4. The Hall–Kier alpha value is -4.03. The number of halogens is 3. The van der Waals surface area contributed by atoms with Crippen LogP contribution in [0.5, 0.6) is 5.88 Å². The minimum Gasteiger partial charge on any atom is -0.481 e. The molecule has 4 aromatic rings. The molecular formula is C25H19ClF2N6O3S. The van der Waals surface area contributed by atoms with Crippen LogP contribution in [0.1, 0.15) is 49.1 Å². The van der Waals surface area contributed by atoms with E-state index in [4.69, 9.17) is 16.3 Å². The number of pyridine rings is 3. The Morgan fingerprint density at radius 1 is 1.11 bits per heavy atom. The fourth-order valence-corrected chi connectivity index (χ4v) is 5.11. The van der Waals surface area contributed by atoms with Gasteiger partial charge in [0.25, 0.3) is 18.2 Å². The molecule has 0 saturated carbocycles. The number of nitrogens with zero attached hydrogens (tertiary/aromatic N) is 5. The van der Waals surface area contributed by atoms with Gasteiger partial charge < -0.3 is 9.64 Å². The zero-order chi connectivity index (χ0) is 27.0. The highest BCUT2D eigenvalue weighted by atomic mass is 35.5. The van der Waals surface area contributed by atoms with Crippen molar-refractivity contribution in [3.05, 3.63) is 81.0 Å². The molecule has 1 N–H and O–H groups in total. The molecular weight excluding hydrogens is 538 g/mol. The van der Waals surface area contributed by atoms with Gasteiger partial charge >= 0.3 is 0 Å². The number of alkyl halides is 2. The van der Waals surface area contributed by atoms with Crippen molar-refractivity contribution < 1.29 is 23.1 Å². The van der Waals surface area contributed by atoms with Gasteiger partial charge in [0, 0.05) is 41.0 Å². The van der Waals surface area contributed by atoms with Gasteiger partial charge in [-0.15, -0.1) is 0 Å². The van der Waals surface area contributed by atoms with Crippen molar-refractivity contribution in [2.75, 3.05) is 12.4 Å². The normalized spacial score (nSPS) is 12.5. The number of carbonyl (C=O) groups is 2. The summed E-state index contributed by atoms with van der Waals surface area (Å²) >= 11 is 7.40. The summed E-state index contributed by atoms with van der Waals surface area (Å²) in [6, 6.07) is 5.88. The Bertz CT molecular complexity index is 1520. The zero-order valence-electron chi connectivity index (χ0n) is 20.0. The molecule has 5 heterocycles. The number of anilines is 1. The summed E-state index contributed by atoms with van der Waals surface area (Å²) in [5, 5.41) is 3.57. The third kappa shape index (κ3) is 5.04. The molecule has 194 valence electrons. The summed E-state index contributed by atoms with van der Waals surface area (Å²) in [6.45, 7) is 2.28. The number of rotatable bonds is 6. The van der Waals surface area contributed by atoms with Crippen molar-refractivity contribution in [1.29, 1.82) is 0 Å². The molecule has 0 radical (unpaired) electrons. The number of aromatic nitrogens is 4. The summed E-state index contributed by atoms with van der Waals surface area (Å²) in [7, 11) is 1.48. The van der Waals surface area contributed by atoms with E-state index in [2.05, 4.69) is 25.3 Å². The van der Waals surface area contributed by atoms with E-state index >= 15 is 0 Å². The average Bonchev–Trinajstić information content (AvgIpc) is 3.47. The zero-order valence-corrected chi connectivity index (χ0v) is 21.6. The van der Waals surface area contributed by atoms with Gasteiger partial charge in [-0.05, 0) is 31.2 Å². The summed E-state index contributed by atoms with van der Waals surface area (Å²) in [6.07, 6.45) is 1.27. The number of carbonyl (C=O) groups excluding carboxylic acids is 2. The molecule has 5 rings (SSSR count). The molecule has 9 nitrogen and oxygen atoms in total. The Morgan fingerprint density at radius 2 is 1.92 bits per heavy atom. The maximum Gasteiger partial charge on any atom is 0.273 e. The van der Waals surface area contributed by atoms with Crippen LogP contribution in [0, 0.1) is 6.92 Å². The first-order chi connectivity index (χ1) is 18.2. The summed E-state index contributed by atoms with van der Waals surface area (Å²) in [4.78, 5) is 45.2. The quantitative estimate of drug-likeness (QED) is 0.342. The minimum absolute atomic E-state index is 0.0726. The summed E-state index contributed by atoms with van der Waals surface area (Å²) in [5.74, 6) is -0.510. The van der Waals surface area contributed by atoms with Crippen LogP contribution in [0.3, 0.4) is 0 Å². The third-order valence-electron chi connectivity index (χ3n) is 5.81. The highest BCUT2D eigenvalue weighted by Gasteiger charge is 2.29. The third-order valence-corrected chi connectivity index (χ3v) is 7.01. The molecule has 0 bridgehead atoms. The van der Waals surface area contributed by atoms with Gasteiger partial charge in [-0.1, -0.05) is 22.9 Å². The number of ether oxygens (including phenoxy) is 1. The highest BCUT2D eigenvalue weighted by molar-refractivity contribution is 7.16. The molecule has 0 unspecified atom stereocenters. The molecule has 2 amide bonds. The average molecular weight is 557 g/mol. The van der Waals surface area contributed by atoms with E-state index in [1.807, 2.05) is 0 Å². The number of methoxy groups -OCH3 is 1. The minimum atomic E-state index is -2.65. The lowest BCUT2D eigenvalue weighted by Gasteiger charge is -2.15. The van der Waals surface area contributed by atoms with Crippen LogP contribution >= 0.6 is 22.9 Å². The number of aryl methyl sites for hydroxylation is 1. The van der Waals surface area contributed by atoms with Crippen molar-refractivity contribution in [2.45, 2.75) is 26.4 Å². The van der Waals surface area contributed by atoms with E-state index in [1.54, 1.807) is 19.1 Å². The van der Waals surface area contributed by atoms with Crippen molar-refractivity contribution in [1.82, 2.24) is 24.8 Å². The Kier molecular flexibility index (Phi) is 7.00. The van der Waals surface area contributed by atoms with Gasteiger partial charge in [0.15, 0.2) is 5.13 Å². The largest absolute Gasteiger partial charge is 0.481 e. The van der Waals surface area contributed by atoms with Crippen LogP contribution < -0.4 is 10.1 Å². The predicted molar refractivity (Wildman–Crippen MR) is 137 cm³/mol. The molecule has 1 aliphatic heterocycles. The van der Waals surface area contributed by atoms with Crippen LogP contribution in [0.25, 0.3) is 11.1 Å². The number of hydrogen-bond donors (Lipinski definition) is 1. The van der Waals surface area contributed by atoms with Crippen molar-refractivity contribution >= 4 is 39.9 Å². The Balaban J connectivity index is 1.33. The monoisotopic (exact) mass is 556 g/mol. The molecule has 4 aromatic heterocycles. The number of nitrogens with one attached hydrogen (secondary N) is 1. The molecule has 0 aliphatic carbocycles. The molecule has 0 atom stereocenters. The topological polar surface area (TPSA) is 110 Å².